The Morgan fingerprint density at radius 2 is 2.15 bits per heavy atom. The van der Waals surface area contributed by atoms with Gasteiger partial charge in [-0.1, -0.05) is 6.92 Å². The van der Waals surface area contributed by atoms with Crippen molar-refractivity contribution in [1.29, 1.82) is 0 Å². The van der Waals surface area contributed by atoms with Crippen LogP contribution in [0.25, 0.3) is 0 Å². The minimum Gasteiger partial charge on any atom is -0.374 e. The molecule has 2 aliphatic rings. The lowest BCUT2D eigenvalue weighted by Gasteiger charge is -2.26. The van der Waals surface area contributed by atoms with Gasteiger partial charge in [-0.3, -0.25) is 4.79 Å². The van der Waals surface area contributed by atoms with Gasteiger partial charge in [-0.2, -0.15) is 0 Å². The van der Waals surface area contributed by atoms with Gasteiger partial charge < -0.3 is 10.1 Å². The maximum atomic E-state index is 11.6. The van der Waals surface area contributed by atoms with Crippen LogP contribution in [0, 0.1) is 5.92 Å². The molecule has 0 radical (unpaired) electrons. The van der Waals surface area contributed by atoms with E-state index in [0.717, 1.165) is 19.3 Å². The van der Waals surface area contributed by atoms with E-state index in [9.17, 15) is 4.79 Å². The number of nitrogens with one attached hydrogen (secondary N) is 1. The van der Waals surface area contributed by atoms with Crippen LogP contribution in [0.4, 0.5) is 0 Å². The van der Waals surface area contributed by atoms with Crippen molar-refractivity contribution in [3.8, 4) is 0 Å². The van der Waals surface area contributed by atoms with Gasteiger partial charge in [-0.25, -0.2) is 0 Å². The molecule has 0 aromatic rings. The molecule has 3 heteroatoms. The summed E-state index contributed by atoms with van der Waals surface area (Å²) in [7, 11) is 0. The van der Waals surface area contributed by atoms with Crippen LogP contribution >= 0.6 is 0 Å². The standard InChI is InChI=1S/C10H17NO2/c1-6-5-8-3-4-9(13-8)7(2)10(12)11-6/h6-9H,3-5H2,1-2H3,(H,11,12)/t6-,7+,8+,9-/m0/s1. The summed E-state index contributed by atoms with van der Waals surface area (Å²) in [6.45, 7) is 4.01. The lowest BCUT2D eigenvalue weighted by molar-refractivity contribution is -0.132. The SMILES string of the molecule is C[C@H]1C[C@H]2CC[C@H](O2)[C@@H](C)C(=O)N1. The van der Waals surface area contributed by atoms with Gasteiger partial charge in [-0.05, 0) is 26.2 Å². The van der Waals surface area contributed by atoms with Crippen molar-refractivity contribution in [2.24, 2.45) is 5.92 Å². The first kappa shape index (κ1) is 9.00. The van der Waals surface area contributed by atoms with E-state index in [4.69, 9.17) is 4.74 Å². The molecule has 74 valence electrons. The smallest absolute Gasteiger partial charge is 0.225 e. The van der Waals surface area contributed by atoms with Gasteiger partial charge in [0, 0.05) is 6.04 Å². The highest BCUT2D eigenvalue weighted by Gasteiger charge is 2.36. The molecular formula is C10H17NO2. The van der Waals surface area contributed by atoms with E-state index in [1.807, 2.05) is 13.8 Å². The quantitative estimate of drug-likeness (QED) is 0.610. The number of ether oxygens (including phenoxy) is 1. The molecule has 2 rings (SSSR count). The van der Waals surface area contributed by atoms with E-state index in [0.29, 0.717) is 6.10 Å². The van der Waals surface area contributed by atoms with Gasteiger partial charge in [0.15, 0.2) is 0 Å². The van der Waals surface area contributed by atoms with Gasteiger partial charge in [0.2, 0.25) is 5.91 Å². The zero-order chi connectivity index (χ0) is 9.42. The number of amides is 1. The van der Waals surface area contributed by atoms with Crippen molar-refractivity contribution < 1.29 is 9.53 Å². The third kappa shape index (κ3) is 1.70. The molecule has 0 saturated carbocycles. The van der Waals surface area contributed by atoms with E-state index in [-0.39, 0.29) is 24.0 Å². The largest absolute Gasteiger partial charge is 0.374 e. The first-order valence-corrected chi connectivity index (χ1v) is 5.12. The molecule has 4 atom stereocenters. The van der Waals surface area contributed by atoms with Crippen LogP contribution in [0.15, 0.2) is 0 Å². The molecule has 3 nitrogen and oxygen atoms in total. The fraction of sp³-hybridized carbons (Fsp3) is 0.900. The summed E-state index contributed by atoms with van der Waals surface area (Å²) in [6.07, 6.45) is 3.68. The van der Waals surface area contributed by atoms with Crippen LogP contribution < -0.4 is 5.32 Å². The number of carbonyl (C=O) groups is 1. The van der Waals surface area contributed by atoms with Crippen molar-refractivity contribution in [3.63, 3.8) is 0 Å². The van der Waals surface area contributed by atoms with E-state index < -0.39 is 0 Å². The minimum atomic E-state index is 0.0211. The molecule has 0 unspecified atom stereocenters. The van der Waals surface area contributed by atoms with E-state index in [1.54, 1.807) is 0 Å². The number of rotatable bonds is 0. The summed E-state index contributed by atoms with van der Waals surface area (Å²) in [6, 6.07) is 0.263. The van der Waals surface area contributed by atoms with Crippen LogP contribution in [0.2, 0.25) is 0 Å². The molecule has 0 aliphatic carbocycles. The third-order valence-electron chi connectivity index (χ3n) is 3.12. The summed E-state index contributed by atoms with van der Waals surface area (Å²) < 4.78 is 5.79. The van der Waals surface area contributed by atoms with Crippen molar-refractivity contribution in [2.75, 3.05) is 0 Å². The molecule has 2 saturated heterocycles. The highest BCUT2D eigenvalue weighted by Crippen LogP contribution is 2.29. The minimum absolute atomic E-state index is 0.0211. The predicted octanol–water partition coefficient (Wildman–Crippen LogP) is 1.08. The zero-order valence-electron chi connectivity index (χ0n) is 8.25. The number of hydrogen-bond acceptors (Lipinski definition) is 2. The van der Waals surface area contributed by atoms with Gasteiger partial charge in [0.25, 0.3) is 0 Å². The molecule has 2 aliphatic heterocycles. The van der Waals surface area contributed by atoms with Gasteiger partial charge in [0.05, 0.1) is 18.1 Å². The highest BCUT2D eigenvalue weighted by molar-refractivity contribution is 5.79. The summed E-state index contributed by atoms with van der Waals surface area (Å²) in [4.78, 5) is 11.6. The molecule has 2 fully saturated rings. The molecule has 1 amide bonds. The van der Waals surface area contributed by atoms with E-state index in [2.05, 4.69) is 5.32 Å². The average molecular weight is 183 g/mol. The summed E-state index contributed by atoms with van der Waals surface area (Å²) in [5.41, 5.74) is 0. The molecule has 2 heterocycles. The van der Waals surface area contributed by atoms with E-state index in [1.165, 1.54) is 0 Å². The second-order valence-electron chi connectivity index (χ2n) is 4.31. The third-order valence-corrected chi connectivity index (χ3v) is 3.12. The monoisotopic (exact) mass is 183 g/mol. The average Bonchev–Trinajstić information content (AvgIpc) is 2.50. The summed E-state index contributed by atoms with van der Waals surface area (Å²) in [5.74, 6) is 0.172. The molecular weight excluding hydrogens is 166 g/mol. The molecule has 1 N–H and O–H groups in total. The summed E-state index contributed by atoms with van der Waals surface area (Å²) in [5, 5.41) is 3.01. The number of hydrogen-bond donors (Lipinski definition) is 1. The predicted molar refractivity (Wildman–Crippen MR) is 49.3 cm³/mol. The van der Waals surface area contributed by atoms with Crippen LogP contribution in [0.3, 0.4) is 0 Å². The zero-order valence-corrected chi connectivity index (χ0v) is 8.25. The Morgan fingerprint density at radius 1 is 1.38 bits per heavy atom. The molecule has 2 bridgehead atoms. The van der Waals surface area contributed by atoms with Crippen molar-refractivity contribution in [3.05, 3.63) is 0 Å². The van der Waals surface area contributed by atoms with Crippen LogP contribution in [0.1, 0.15) is 33.1 Å². The van der Waals surface area contributed by atoms with Crippen molar-refractivity contribution in [1.82, 2.24) is 5.32 Å². The van der Waals surface area contributed by atoms with Crippen LogP contribution in [-0.2, 0) is 9.53 Å². The Balaban J connectivity index is 2.11. The molecule has 0 aromatic carbocycles. The maximum absolute atomic E-state index is 11.6. The van der Waals surface area contributed by atoms with Gasteiger partial charge >= 0.3 is 0 Å². The lowest BCUT2D eigenvalue weighted by atomic mass is 10.0. The molecule has 13 heavy (non-hydrogen) atoms. The first-order valence-electron chi connectivity index (χ1n) is 5.12. The van der Waals surface area contributed by atoms with Crippen LogP contribution in [-0.4, -0.2) is 24.2 Å². The normalized spacial score (nSPS) is 45.2. The number of carbonyl (C=O) groups excluding carboxylic acids is 1. The molecule has 0 aromatic heterocycles. The Bertz CT molecular complexity index is 217. The van der Waals surface area contributed by atoms with Gasteiger partial charge in [-0.15, -0.1) is 0 Å². The second-order valence-corrected chi connectivity index (χ2v) is 4.31. The fourth-order valence-corrected chi connectivity index (χ4v) is 2.27. The Kier molecular flexibility index (Phi) is 2.28. The van der Waals surface area contributed by atoms with Crippen molar-refractivity contribution >= 4 is 5.91 Å². The van der Waals surface area contributed by atoms with Crippen molar-refractivity contribution in [2.45, 2.75) is 51.4 Å². The van der Waals surface area contributed by atoms with E-state index >= 15 is 0 Å². The maximum Gasteiger partial charge on any atom is 0.225 e. The molecule has 0 spiro atoms. The number of fused-ring (bicyclic) bond motifs is 2. The van der Waals surface area contributed by atoms with Gasteiger partial charge in [0.1, 0.15) is 0 Å². The fourth-order valence-electron chi connectivity index (χ4n) is 2.27. The second kappa shape index (κ2) is 3.29. The summed E-state index contributed by atoms with van der Waals surface area (Å²) >= 11 is 0. The lowest BCUT2D eigenvalue weighted by Crippen LogP contribution is -2.44. The van der Waals surface area contributed by atoms with Crippen LogP contribution in [0.5, 0.6) is 0 Å². The Hall–Kier alpha value is -0.570. The highest BCUT2D eigenvalue weighted by atomic mass is 16.5. The topological polar surface area (TPSA) is 38.3 Å². The first-order chi connectivity index (χ1) is 6.16. The Labute approximate surface area is 78.8 Å². The Morgan fingerprint density at radius 3 is 2.92 bits per heavy atom.